The van der Waals surface area contributed by atoms with Gasteiger partial charge in [-0.3, -0.25) is 4.68 Å². The third-order valence-electron chi connectivity index (χ3n) is 3.39. The number of aryl methyl sites for hydroxylation is 5. The molecular formula is C17H19ClN2O2. The van der Waals surface area contributed by atoms with Gasteiger partial charge in [0.2, 0.25) is 0 Å². The lowest BCUT2D eigenvalue weighted by Crippen LogP contribution is -2.06. The summed E-state index contributed by atoms with van der Waals surface area (Å²) in [5.41, 5.74) is 4.51. The van der Waals surface area contributed by atoms with Crippen LogP contribution in [0.15, 0.2) is 18.2 Å². The van der Waals surface area contributed by atoms with Gasteiger partial charge in [-0.2, -0.15) is 5.10 Å². The van der Waals surface area contributed by atoms with Crippen LogP contribution in [0.25, 0.3) is 6.08 Å². The molecule has 0 saturated heterocycles. The number of carbonyl (C=O) groups is 1. The second-order valence-corrected chi connectivity index (χ2v) is 5.75. The number of hydrogen-bond donors (Lipinski definition) is 0. The van der Waals surface area contributed by atoms with Crippen LogP contribution in [-0.4, -0.2) is 15.7 Å². The summed E-state index contributed by atoms with van der Waals surface area (Å²) in [6.07, 6.45) is 3.00. The maximum absolute atomic E-state index is 12.0. The largest absolute Gasteiger partial charge is 0.423 e. The van der Waals surface area contributed by atoms with Gasteiger partial charge in [0, 0.05) is 18.7 Å². The van der Waals surface area contributed by atoms with Crippen LogP contribution in [0.3, 0.4) is 0 Å². The molecule has 2 rings (SSSR count). The van der Waals surface area contributed by atoms with Crippen LogP contribution in [0.5, 0.6) is 5.75 Å². The van der Waals surface area contributed by atoms with Crippen LogP contribution in [0.2, 0.25) is 5.15 Å². The second kappa shape index (κ2) is 6.36. The van der Waals surface area contributed by atoms with Gasteiger partial charge in [-0.15, -0.1) is 0 Å². The molecule has 0 aliphatic carbocycles. The minimum absolute atomic E-state index is 0.436. The van der Waals surface area contributed by atoms with Crippen molar-refractivity contribution in [1.82, 2.24) is 9.78 Å². The first kappa shape index (κ1) is 16.3. The highest BCUT2D eigenvalue weighted by atomic mass is 35.5. The van der Waals surface area contributed by atoms with Crippen LogP contribution < -0.4 is 4.74 Å². The standard InChI is InChI=1S/C17H19ClN2O2/c1-10-8-11(2)16(12(3)9-10)22-15(21)7-6-14-13(4)19-20(5)17(14)18/h6-9H,1-5H3/b7-6+. The van der Waals surface area contributed by atoms with E-state index in [1.165, 1.54) is 6.08 Å². The molecule has 0 bridgehead atoms. The molecule has 1 heterocycles. The molecule has 0 unspecified atom stereocenters. The van der Waals surface area contributed by atoms with Crippen LogP contribution in [0, 0.1) is 27.7 Å². The van der Waals surface area contributed by atoms with Gasteiger partial charge in [0.25, 0.3) is 0 Å². The van der Waals surface area contributed by atoms with E-state index in [0.717, 1.165) is 27.9 Å². The summed E-state index contributed by atoms with van der Waals surface area (Å²) in [4.78, 5) is 12.0. The molecule has 0 fully saturated rings. The molecule has 1 aromatic heterocycles. The van der Waals surface area contributed by atoms with Crippen molar-refractivity contribution in [3.05, 3.63) is 51.3 Å². The van der Waals surface area contributed by atoms with E-state index in [-0.39, 0.29) is 0 Å². The smallest absolute Gasteiger partial charge is 0.336 e. The van der Waals surface area contributed by atoms with Crippen molar-refractivity contribution >= 4 is 23.6 Å². The molecule has 0 spiro atoms. The first-order valence-corrected chi connectivity index (χ1v) is 7.34. The third kappa shape index (κ3) is 3.39. The molecule has 2 aromatic rings. The number of carbonyl (C=O) groups excluding carboxylic acids is 1. The highest BCUT2D eigenvalue weighted by molar-refractivity contribution is 6.31. The summed E-state index contributed by atoms with van der Waals surface area (Å²) in [6, 6.07) is 3.98. The van der Waals surface area contributed by atoms with Crippen molar-refractivity contribution in [2.24, 2.45) is 7.05 Å². The molecule has 0 saturated carbocycles. The van der Waals surface area contributed by atoms with Gasteiger partial charge in [0.05, 0.1) is 5.69 Å². The first-order valence-electron chi connectivity index (χ1n) is 6.96. The van der Waals surface area contributed by atoms with Crippen LogP contribution in [-0.2, 0) is 11.8 Å². The number of esters is 1. The fourth-order valence-corrected chi connectivity index (χ4v) is 2.69. The summed E-state index contributed by atoms with van der Waals surface area (Å²) >= 11 is 6.12. The van der Waals surface area contributed by atoms with Crippen molar-refractivity contribution in [3.63, 3.8) is 0 Å². The average molecular weight is 319 g/mol. The van der Waals surface area contributed by atoms with E-state index in [4.69, 9.17) is 16.3 Å². The lowest BCUT2D eigenvalue weighted by molar-refractivity contribution is -0.129. The Bertz CT molecular complexity index is 737. The summed E-state index contributed by atoms with van der Waals surface area (Å²) in [7, 11) is 1.75. The minimum atomic E-state index is -0.436. The Balaban J connectivity index is 2.19. The predicted octanol–water partition coefficient (Wildman–Crippen LogP) is 3.93. The lowest BCUT2D eigenvalue weighted by atomic mass is 10.1. The second-order valence-electron chi connectivity index (χ2n) is 5.40. The van der Waals surface area contributed by atoms with E-state index < -0.39 is 5.97 Å². The molecule has 0 aliphatic heterocycles. The third-order valence-corrected chi connectivity index (χ3v) is 3.84. The van der Waals surface area contributed by atoms with E-state index in [1.54, 1.807) is 17.8 Å². The number of nitrogens with zero attached hydrogens (tertiary/aromatic N) is 2. The molecule has 0 N–H and O–H groups in total. The zero-order chi connectivity index (χ0) is 16.4. The van der Waals surface area contributed by atoms with Gasteiger partial charge in [-0.1, -0.05) is 29.3 Å². The number of rotatable bonds is 3. The zero-order valence-electron chi connectivity index (χ0n) is 13.4. The molecule has 0 aliphatic rings. The van der Waals surface area contributed by atoms with Crippen molar-refractivity contribution in [3.8, 4) is 5.75 Å². The average Bonchev–Trinajstić information content (AvgIpc) is 2.65. The van der Waals surface area contributed by atoms with E-state index >= 15 is 0 Å². The van der Waals surface area contributed by atoms with Gasteiger partial charge < -0.3 is 4.74 Å². The number of halogens is 1. The Morgan fingerprint density at radius 1 is 1.23 bits per heavy atom. The maximum Gasteiger partial charge on any atom is 0.336 e. The Labute approximate surface area is 135 Å². The Hall–Kier alpha value is -2.07. The lowest BCUT2D eigenvalue weighted by Gasteiger charge is -2.10. The maximum atomic E-state index is 12.0. The molecule has 0 amide bonds. The highest BCUT2D eigenvalue weighted by Gasteiger charge is 2.11. The van der Waals surface area contributed by atoms with Gasteiger partial charge in [-0.05, 0) is 44.9 Å². The first-order chi connectivity index (χ1) is 10.3. The SMILES string of the molecule is Cc1cc(C)c(OC(=O)/C=C/c2c(C)nn(C)c2Cl)c(C)c1. The molecule has 5 heteroatoms. The van der Waals surface area contributed by atoms with Gasteiger partial charge >= 0.3 is 5.97 Å². The zero-order valence-corrected chi connectivity index (χ0v) is 14.2. The van der Waals surface area contributed by atoms with Crippen molar-refractivity contribution < 1.29 is 9.53 Å². The Morgan fingerprint density at radius 3 is 2.32 bits per heavy atom. The summed E-state index contributed by atoms with van der Waals surface area (Å²) in [5, 5.41) is 4.68. The summed E-state index contributed by atoms with van der Waals surface area (Å²) in [5.74, 6) is 0.170. The van der Waals surface area contributed by atoms with Crippen LogP contribution >= 0.6 is 11.6 Å². The Kier molecular flexibility index (Phi) is 4.71. The van der Waals surface area contributed by atoms with Crippen LogP contribution in [0.4, 0.5) is 0 Å². The van der Waals surface area contributed by atoms with Crippen LogP contribution in [0.1, 0.15) is 27.9 Å². The fourth-order valence-electron chi connectivity index (χ4n) is 2.45. The molecular weight excluding hydrogens is 300 g/mol. The normalized spacial score (nSPS) is 11.2. The molecule has 22 heavy (non-hydrogen) atoms. The van der Waals surface area contributed by atoms with E-state index in [9.17, 15) is 4.79 Å². The van der Waals surface area contributed by atoms with Gasteiger partial charge in [-0.25, -0.2) is 4.79 Å². The molecule has 0 atom stereocenters. The fraction of sp³-hybridized carbons (Fsp3) is 0.294. The summed E-state index contributed by atoms with van der Waals surface area (Å²) in [6.45, 7) is 7.70. The molecule has 0 radical (unpaired) electrons. The van der Waals surface area contributed by atoms with E-state index in [2.05, 4.69) is 5.10 Å². The summed E-state index contributed by atoms with van der Waals surface area (Å²) < 4.78 is 7.01. The Morgan fingerprint density at radius 2 is 1.82 bits per heavy atom. The van der Waals surface area contributed by atoms with E-state index in [0.29, 0.717) is 10.9 Å². The van der Waals surface area contributed by atoms with Crippen molar-refractivity contribution in [1.29, 1.82) is 0 Å². The predicted molar refractivity (Wildman–Crippen MR) is 88.3 cm³/mol. The number of benzene rings is 1. The molecule has 4 nitrogen and oxygen atoms in total. The topological polar surface area (TPSA) is 44.1 Å². The van der Waals surface area contributed by atoms with Crippen molar-refractivity contribution in [2.45, 2.75) is 27.7 Å². The number of aromatic nitrogens is 2. The minimum Gasteiger partial charge on any atom is -0.423 e. The van der Waals surface area contributed by atoms with Crippen molar-refractivity contribution in [2.75, 3.05) is 0 Å². The van der Waals surface area contributed by atoms with E-state index in [1.807, 2.05) is 39.8 Å². The monoisotopic (exact) mass is 318 g/mol. The van der Waals surface area contributed by atoms with Gasteiger partial charge in [0.15, 0.2) is 0 Å². The number of ether oxygens (including phenoxy) is 1. The van der Waals surface area contributed by atoms with Gasteiger partial charge in [0.1, 0.15) is 10.9 Å². The number of hydrogen-bond acceptors (Lipinski definition) is 3. The molecule has 116 valence electrons. The quantitative estimate of drug-likeness (QED) is 0.489. The highest BCUT2D eigenvalue weighted by Crippen LogP contribution is 2.25. The molecule has 1 aromatic carbocycles.